The fourth-order valence-electron chi connectivity index (χ4n) is 4.82. The van der Waals surface area contributed by atoms with Crippen LogP contribution in [0.3, 0.4) is 0 Å². The molecule has 6 nitrogen and oxygen atoms in total. The van der Waals surface area contributed by atoms with Gasteiger partial charge in [0, 0.05) is 28.7 Å². The number of carbonyl (C=O) groups is 1. The lowest BCUT2D eigenvalue weighted by atomic mass is 9.80. The maximum Gasteiger partial charge on any atom is 0.252 e. The summed E-state index contributed by atoms with van der Waals surface area (Å²) in [7, 11) is 0. The molecule has 0 spiro atoms. The normalized spacial score (nSPS) is 19.8. The smallest absolute Gasteiger partial charge is 0.252 e. The summed E-state index contributed by atoms with van der Waals surface area (Å²) in [5, 5.41) is 11.3. The van der Waals surface area contributed by atoms with Gasteiger partial charge in [-0.3, -0.25) is 4.79 Å². The molecule has 7 heteroatoms. The number of hydrogen-bond donors (Lipinski definition) is 2. The minimum absolute atomic E-state index is 0.120. The zero-order valence-corrected chi connectivity index (χ0v) is 20.2. The van der Waals surface area contributed by atoms with Crippen molar-refractivity contribution >= 4 is 28.4 Å². The van der Waals surface area contributed by atoms with Crippen molar-refractivity contribution in [3.05, 3.63) is 58.7 Å². The number of carbonyl (C=O) groups excluding carboxylic acids is 1. The first-order valence-corrected chi connectivity index (χ1v) is 12.2. The van der Waals surface area contributed by atoms with Crippen molar-refractivity contribution < 1.29 is 4.79 Å². The van der Waals surface area contributed by atoms with E-state index in [-0.39, 0.29) is 11.5 Å². The van der Waals surface area contributed by atoms with Crippen molar-refractivity contribution in [2.24, 2.45) is 17.1 Å². The minimum Gasteiger partial charge on any atom is -0.379 e. The van der Waals surface area contributed by atoms with Crippen molar-refractivity contribution in [1.29, 1.82) is 0 Å². The van der Waals surface area contributed by atoms with Crippen LogP contribution in [0.2, 0.25) is 0 Å². The second-order valence-electron chi connectivity index (χ2n) is 9.68. The number of primary amides is 1. The van der Waals surface area contributed by atoms with Crippen LogP contribution >= 0.6 is 11.3 Å². The largest absolute Gasteiger partial charge is 0.379 e. The van der Waals surface area contributed by atoms with Crippen LogP contribution in [-0.2, 0) is 0 Å². The summed E-state index contributed by atoms with van der Waals surface area (Å²) < 4.78 is 1.83. The van der Waals surface area contributed by atoms with Crippen molar-refractivity contribution in [2.75, 3.05) is 5.32 Å². The number of hydrogen-bond acceptors (Lipinski definition) is 5. The van der Waals surface area contributed by atoms with Crippen LogP contribution in [0.25, 0.3) is 27.9 Å². The summed E-state index contributed by atoms with van der Waals surface area (Å²) in [6.07, 6.45) is 5.79. The van der Waals surface area contributed by atoms with Crippen LogP contribution in [0, 0.1) is 18.3 Å². The van der Waals surface area contributed by atoms with Gasteiger partial charge >= 0.3 is 0 Å². The molecule has 1 amide bonds. The van der Waals surface area contributed by atoms with Crippen LogP contribution in [0.1, 0.15) is 49.0 Å². The monoisotopic (exact) mass is 459 g/mol. The zero-order chi connectivity index (χ0) is 23.3. The number of nitrogens with zero attached hydrogens (tertiary/aromatic N) is 3. The molecule has 0 aliphatic heterocycles. The van der Waals surface area contributed by atoms with Gasteiger partial charge in [0.05, 0.1) is 33.7 Å². The van der Waals surface area contributed by atoms with E-state index in [1.807, 2.05) is 17.6 Å². The van der Waals surface area contributed by atoms with Crippen molar-refractivity contribution in [3.63, 3.8) is 0 Å². The molecule has 2 atom stereocenters. The first kappa shape index (κ1) is 21.6. The van der Waals surface area contributed by atoms with E-state index in [1.54, 1.807) is 17.5 Å². The Morgan fingerprint density at radius 1 is 1.18 bits per heavy atom. The average Bonchev–Trinajstić information content (AvgIpc) is 3.48. The van der Waals surface area contributed by atoms with Gasteiger partial charge in [-0.1, -0.05) is 45.0 Å². The van der Waals surface area contributed by atoms with Crippen LogP contribution in [0.4, 0.5) is 5.69 Å². The number of benzene rings is 1. The lowest BCUT2D eigenvalue weighted by molar-refractivity contribution is 0.100. The Bertz CT molecular complexity index is 1330. The molecular formula is C26H29N5OS. The third-order valence-electron chi connectivity index (χ3n) is 7.41. The molecular weight excluding hydrogens is 430 g/mol. The van der Waals surface area contributed by atoms with Gasteiger partial charge in [0.2, 0.25) is 0 Å². The van der Waals surface area contributed by atoms with Gasteiger partial charge < -0.3 is 11.1 Å². The molecule has 5 rings (SSSR count). The summed E-state index contributed by atoms with van der Waals surface area (Å²) >= 11 is 1.65. The summed E-state index contributed by atoms with van der Waals surface area (Å²) in [6, 6.07) is 10.7. The summed E-state index contributed by atoms with van der Waals surface area (Å²) in [4.78, 5) is 16.8. The van der Waals surface area contributed by atoms with E-state index in [4.69, 9.17) is 5.73 Å². The highest BCUT2D eigenvalue weighted by Crippen LogP contribution is 2.44. The molecule has 1 unspecified atom stereocenters. The summed E-state index contributed by atoms with van der Waals surface area (Å²) in [5.41, 5.74) is 12.1. The minimum atomic E-state index is -0.470. The third kappa shape index (κ3) is 3.80. The Labute approximate surface area is 197 Å². The Morgan fingerprint density at radius 2 is 1.91 bits per heavy atom. The molecule has 1 aliphatic carbocycles. The van der Waals surface area contributed by atoms with E-state index in [9.17, 15) is 4.79 Å². The number of amides is 1. The van der Waals surface area contributed by atoms with E-state index in [1.165, 1.54) is 0 Å². The number of fused-ring (bicyclic) bond motifs is 1. The number of rotatable bonds is 5. The van der Waals surface area contributed by atoms with Crippen molar-refractivity contribution in [3.8, 4) is 22.4 Å². The van der Waals surface area contributed by atoms with Gasteiger partial charge in [-0.15, -0.1) is 11.3 Å². The summed E-state index contributed by atoms with van der Waals surface area (Å²) in [5.74, 6) is 0.134. The fourth-order valence-corrected chi connectivity index (χ4v) is 5.44. The van der Waals surface area contributed by atoms with E-state index < -0.39 is 5.91 Å². The SMILES string of the molecule is Cc1nc(-c2ccc(-c3cc4c(N[C@@H]5CCC(C)C5(C)C)c(C(N)=O)cnn4c3)cc2)cs1. The van der Waals surface area contributed by atoms with Crippen LogP contribution in [0.5, 0.6) is 0 Å². The molecule has 33 heavy (non-hydrogen) atoms. The molecule has 0 bridgehead atoms. The predicted molar refractivity (Wildman–Crippen MR) is 135 cm³/mol. The number of anilines is 1. The molecule has 1 aromatic carbocycles. The van der Waals surface area contributed by atoms with Gasteiger partial charge in [0.15, 0.2) is 0 Å². The van der Waals surface area contributed by atoms with Crippen molar-refractivity contribution in [2.45, 2.75) is 46.6 Å². The highest BCUT2D eigenvalue weighted by molar-refractivity contribution is 7.09. The van der Waals surface area contributed by atoms with Gasteiger partial charge in [-0.05, 0) is 42.7 Å². The average molecular weight is 460 g/mol. The Hall–Kier alpha value is -3.19. The number of thiazole rings is 1. The van der Waals surface area contributed by atoms with E-state index in [0.717, 1.165) is 51.4 Å². The summed E-state index contributed by atoms with van der Waals surface area (Å²) in [6.45, 7) is 8.89. The maximum atomic E-state index is 12.2. The molecule has 4 aromatic rings. The Morgan fingerprint density at radius 3 is 2.52 bits per heavy atom. The second kappa shape index (κ2) is 7.99. The number of nitrogens with two attached hydrogens (primary N) is 1. The first-order chi connectivity index (χ1) is 15.7. The molecule has 3 aromatic heterocycles. The standard InChI is InChI=1S/C26H29N5OS/c1-15-5-10-23(26(15,3)4)30-24-20(25(27)32)12-28-31-13-19(11-22(24)31)17-6-8-18(9-7-17)21-14-33-16(2)29-21/h6-9,11-15,23,30H,5,10H2,1-4H3,(H2,27,32)/t15?,23-/m1/s1. The first-order valence-electron chi connectivity index (χ1n) is 11.3. The second-order valence-corrected chi connectivity index (χ2v) is 10.7. The van der Waals surface area contributed by atoms with E-state index in [0.29, 0.717) is 11.5 Å². The molecule has 1 aliphatic rings. The number of aryl methyl sites for hydroxylation is 1. The number of aromatic nitrogens is 3. The van der Waals surface area contributed by atoms with Gasteiger partial charge in [0.25, 0.3) is 5.91 Å². The van der Waals surface area contributed by atoms with Gasteiger partial charge in [-0.25, -0.2) is 9.50 Å². The lowest BCUT2D eigenvalue weighted by Crippen LogP contribution is -2.35. The van der Waals surface area contributed by atoms with E-state index in [2.05, 4.69) is 71.9 Å². The molecule has 1 saturated carbocycles. The van der Waals surface area contributed by atoms with Crippen LogP contribution in [0.15, 0.2) is 48.1 Å². The third-order valence-corrected chi connectivity index (χ3v) is 8.18. The van der Waals surface area contributed by atoms with Gasteiger partial charge in [-0.2, -0.15) is 5.10 Å². The Kier molecular flexibility index (Phi) is 5.24. The maximum absolute atomic E-state index is 12.2. The topological polar surface area (TPSA) is 85.3 Å². The van der Waals surface area contributed by atoms with Gasteiger partial charge in [0.1, 0.15) is 0 Å². The zero-order valence-electron chi connectivity index (χ0n) is 19.4. The molecule has 0 saturated heterocycles. The molecule has 3 heterocycles. The van der Waals surface area contributed by atoms with Crippen molar-refractivity contribution in [1.82, 2.24) is 14.6 Å². The number of nitrogens with one attached hydrogen (secondary N) is 1. The lowest BCUT2D eigenvalue weighted by Gasteiger charge is -2.33. The quantitative estimate of drug-likeness (QED) is 0.397. The van der Waals surface area contributed by atoms with Crippen LogP contribution < -0.4 is 11.1 Å². The van der Waals surface area contributed by atoms with Crippen LogP contribution in [-0.4, -0.2) is 26.5 Å². The molecule has 1 fully saturated rings. The molecule has 170 valence electrons. The highest BCUT2D eigenvalue weighted by Gasteiger charge is 2.41. The highest BCUT2D eigenvalue weighted by atomic mass is 32.1. The van der Waals surface area contributed by atoms with E-state index >= 15 is 0 Å². The molecule has 3 N–H and O–H groups in total. The fraction of sp³-hybridized carbons (Fsp3) is 0.346. The predicted octanol–water partition coefficient (Wildman–Crippen LogP) is 5.77. The molecule has 0 radical (unpaired) electrons. The Balaban J connectivity index is 1.53.